The lowest BCUT2D eigenvalue weighted by Gasteiger charge is -2.68. The van der Waals surface area contributed by atoms with Gasteiger partial charge in [-0.2, -0.15) is 4.80 Å². The number of piperazine rings is 1. The Morgan fingerprint density at radius 3 is 2.39 bits per heavy atom. The third kappa shape index (κ3) is 7.71. The molecule has 56 heavy (non-hydrogen) atoms. The van der Waals surface area contributed by atoms with Gasteiger partial charge in [0, 0.05) is 38.1 Å². The Morgan fingerprint density at radius 2 is 1.77 bits per heavy atom. The number of hydrogen-bond donors (Lipinski definition) is 2. The Balaban J connectivity index is 1.35. The fraction of sp³-hybridized carbons (Fsp3) is 0.778. The molecule has 0 radical (unpaired) electrons. The average molecular weight is 776 g/mol. The number of aromatic nitrogens is 4. The largest absolute Gasteiger partial charge is 0.461 e. The molecule has 1 aliphatic heterocycles. The van der Waals surface area contributed by atoms with E-state index in [1.54, 1.807) is 4.80 Å². The van der Waals surface area contributed by atoms with Gasteiger partial charge in [-0.05, 0) is 103 Å². The first-order valence-electron chi connectivity index (χ1n) is 21.6. The zero-order valence-corrected chi connectivity index (χ0v) is 36.1. The third-order valence-electron chi connectivity index (χ3n) is 16.3. The molecular formula is C45H73N7O4. The number of carbonyl (C=O) groups is 1. The number of ether oxygens (including phenoxy) is 2. The number of fused-ring (bicyclic) bond motifs is 3. The fourth-order valence-electron chi connectivity index (χ4n) is 12.2. The first-order chi connectivity index (χ1) is 26.6. The molecule has 6 rings (SSSR count). The Hall–Kier alpha value is -2.86. The van der Waals surface area contributed by atoms with Crippen LogP contribution in [0.25, 0.3) is 0 Å². The molecule has 3 fully saturated rings. The van der Waals surface area contributed by atoms with E-state index in [-0.39, 0.29) is 59.1 Å². The van der Waals surface area contributed by atoms with Gasteiger partial charge in [-0.25, -0.2) is 0 Å². The number of rotatable bonds is 15. The summed E-state index contributed by atoms with van der Waals surface area (Å²) >= 11 is 0. The summed E-state index contributed by atoms with van der Waals surface area (Å²) in [5, 5.41) is 25.0. The molecule has 1 saturated heterocycles. The highest BCUT2D eigenvalue weighted by molar-refractivity contribution is 5.75. The van der Waals surface area contributed by atoms with Gasteiger partial charge in [0.1, 0.15) is 12.1 Å². The number of esters is 1. The maximum absolute atomic E-state index is 14.8. The van der Waals surface area contributed by atoms with Gasteiger partial charge in [-0.15, -0.1) is 5.10 Å². The lowest BCUT2D eigenvalue weighted by molar-refractivity contribution is -0.201. The summed E-state index contributed by atoms with van der Waals surface area (Å²) in [7, 11) is 2.17. The van der Waals surface area contributed by atoms with Crippen molar-refractivity contribution in [2.45, 2.75) is 112 Å². The van der Waals surface area contributed by atoms with Crippen LogP contribution in [-0.4, -0.2) is 101 Å². The summed E-state index contributed by atoms with van der Waals surface area (Å²) < 4.78 is 12.9. The minimum Gasteiger partial charge on any atom is -0.461 e. The van der Waals surface area contributed by atoms with Crippen LogP contribution in [0.1, 0.15) is 106 Å². The number of aliphatic hydroxyl groups excluding tert-OH is 1. The SMILES string of the molecule is CC[C@@H]1CC[C@H]2C(=CC[C@@]3(C)[C@H](C(=O)OCc4ccccc4)[C@@](C)([C@H](C)C(C)C)CC[C@]23C)[C@@]1(CO)CC(C)(COCCN1CCN(C)CC1)n1nnc(N)n1. The lowest BCUT2D eigenvalue weighted by Crippen LogP contribution is -2.64. The van der Waals surface area contributed by atoms with Crippen molar-refractivity contribution in [2.75, 3.05) is 65.3 Å². The Bertz CT molecular complexity index is 1660. The van der Waals surface area contributed by atoms with E-state index in [4.69, 9.17) is 15.2 Å². The summed E-state index contributed by atoms with van der Waals surface area (Å²) in [5.41, 5.74) is 6.46. The van der Waals surface area contributed by atoms with E-state index in [0.717, 1.165) is 76.8 Å². The summed E-state index contributed by atoms with van der Waals surface area (Å²) in [6.45, 7) is 24.9. The number of nitrogens with zero attached hydrogens (tertiary/aromatic N) is 6. The van der Waals surface area contributed by atoms with Crippen LogP contribution >= 0.6 is 0 Å². The van der Waals surface area contributed by atoms with Gasteiger partial charge in [0.2, 0.25) is 0 Å². The second-order valence-electron chi connectivity index (χ2n) is 19.6. The van der Waals surface area contributed by atoms with Crippen molar-refractivity contribution in [1.29, 1.82) is 0 Å². The molecule has 1 aromatic carbocycles. The van der Waals surface area contributed by atoms with Crippen LogP contribution in [-0.2, 0) is 26.4 Å². The molecule has 1 aromatic heterocycles. The number of nitrogens with two attached hydrogens (primary N) is 1. The van der Waals surface area contributed by atoms with Gasteiger partial charge in [0.05, 0.1) is 25.7 Å². The first kappa shape index (κ1) is 42.7. The van der Waals surface area contributed by atoms with Gasteiger partial charge < -0.3 is 25.2 Å². The van der Waals surface area contributed by atoms with Crippen molar-refractivity contribution < 1.29 is 19.4 Å². The van der Waals surface area contributed by atoms with Crippen LogP contribution in [0.2, 0.25) is 0 Å². The predicted molar refractivity (Wildman–Crippen MR) is 221 cm³/mol. The number of anilines is 1. The van der Waals surface area contributed by atoms with Crippen LogP contribution in [0.15, 0.2) is 42.0 Å². The Labute approximate surface area is 337 Å². The van der Waals surface area contributed by atoms with Crippen LogP contribution in [0, 0.1) is 51.2 Å². The fourth-order valence-corrected chi connectivity index (χ4v) is 12.2. The zero-order valence-electron chi connectivity index (χ0n) is 36.1. The molecule has 3 N–H and O–H groups in total. The van der Waals surface area contributed by atoms with Crippen molar-refractivity contribution in [2.24, 2.45) is 51.2 Å². The van der Waals surface area contributed by atoms with E-state index in [0.29, 0.717) is 31.5 Å². The Kier molecular flexibility index (Phi) is 12.8. The van der Waals surface area contributed by atoms with Crippen LogP contribution in [0.4, 0.5) is 5.95 Å². The molecule has 0 bridgehead atoms. The smallest absolute Gasteiger partial charge is 0.310 e. The normalized spacial score (nSPS) is 34.3. The molecule has 3 aliphatic carbocycles. The van der Waals surface area contributed by atoms with E-state index in [1.165, 1.54) is 5.57 Å². The van der Waals surface area contributed by atoms with Gasteiger partial charge in [-0.1, -0.05) is 102 Å². The van der Waals surface area contributed by atoms with Crippen molar-refractivity contribution in [3.63, 3.8) is 0 Å². The maximum atomic E-state index is 14.8. The summed E-state index contributed by atoms with van der Waals surface area (Å²) in [6, 6.07) is 10.1. The summed E-state index contributed by atoms with van der Waals surface area (Å²) in [4.78, 5) is 21.3. The molecule has 312 valence electrons. The maximum Gasteiger partial charge on any atom is 0.310 e. The third-order valence-corrected chi connectivity index (χ3v) is 16.3. The predicted octanol–water partition coefficient (Wildman–Crippen LogP) is 6.83. The van der Waals surface area contributed by atoms with Crippen LogP contribution in [0.3, 0.4) is 0 Å². The molecule has 11 heteroatoms. The first-order valence-corrected chi connectivity index (χ1v) is 21.6. The number of tetrazole rings is 1. The number of aliphatic hydroxyl groups is 1. The van der Waals surface area contributed by atoms with Crippen molar-refractivity contribution >= 4 is 11.9 Å². The molecule has 2 heterocycles. The molecule has 2 aromatic rings. The number of allylic oxidation sites excluding steroid dienone is 1. The monoisotopic (exact) mass is 776 g/mol. The molecule has 1 unspecified atom stereocenters. The molecule has 0 spiro atoms. The molecular weight excluding hydrogens is 703 g/mol. The minimum absolute atomic E-state index is 0.0202. The zero-order chi connectivity index (χ0) is 40.5. The number of nitrogen functional groups attached to an aromatic ring is 1. The lowest BCUT2D eigenvalue weighted by atomic mass is 9.35. The highest BCUT2D eigenvalue weighted by atomic mass is 16.5. The summed E-state index contributed by atoms with van der Waals surface area (Å²) in [6.07, 6.45) is 8.78. The topological polar surface area (TPSA) is 132 Å². The van der Waals surface area contributed by atoms with Crippen LogP contribution < -0.4 is 5.73 Å². The van der Waals surface area contributed by atoms with Gasteiger partial charge >= 0.3 is 5.97 Å². The number of benzene rings is 1. The molecule has 2 saturated carbocycles. The van der Waals surface area contributed by atoms with E-state index < -0.39 is 11.0 Å². The quantitative estimate of drug-likeness (QED) is 0.113. The van der Waals surface area contributed by atoms with E-state index in [2.05, 4.69) is 93.7 Å². The number of carbonyl (C=O) groups excluding carboxylic acids is 1. The van der Waals surface area contributed by atoms with Crippen molar-refractivity contribution in [3.05, 3.63) is 47.5 Å². The highest BCUT2D eigenvalue weighted by Crippen LogP contribution is 2.73. The second-order valence-corrected chi connectivity index (χ2v) is 19.6. The van der Waals surface area contributed by atoms with Crippen molar-refractivity contribution in [1.82, 2.24) is 30.0 Å². The Morgan fingerprint density at radius 1 is 1.05 bits per heavy atom. The standard InChI is InChI=1S/C45H73N7O4/c1-10-35-16-17-36-37(45(35,30-53)29-41(5,52-48-40(46)47-49-52)31-55-27-26-51-24-22-50(9)23-25-51)18-19-44(8)38(39(54)56-28-34-14-12-11-13-15-34)42(6,33(4)32(2)3)20-21-43(36,44)7/h11-15,18,32-33,35-36,38,53H,10,16-17,19-31H2,1-9H3,(H2,46,48)/t33-,35-,36+,38-,41?,42-,43-,44+,45-/m1/s1. The number of hydrogen-bond acceptors (Lipinski definition) is 10. The molecule has 4 aliphatic rings. The van der Waals surface area contributed by atoms with Crippen molar-refractivity contribution in [3.8, 4) is 0 Å². The van der Waals surface area contributed by atoms with E-state index in [9.17, 15) is 9.90 Å². The molecule has 9 atom stereocenters. The van der Waals surface area contributed by atoms with E-state index in [1.807, 2.05) is 30.3 Å². The van der Waals surface area contributed by atoms with Gasteiger partial charge in [0.15, 0.2) is 0 Å². The minimum atomic E-state index is -0.713. The average Bonchev–Trinajstić information content (AvgIpc) is 3.64. The van der Waals surface area contributed by atoms with Gasteiger partial charge in [0.25, 0.3) is 5.95 Å². The van der Waals surface area contributed by atoms with Crippen LogP contribution in [0.5, 0.6) is 0 Å². The van der Waals surface area contributed by atoms with E-state index >= 15 is 0 Å². The summed E-state index contributed by atoms with van der Waals surface area (Å²) in [5.74, 6) is 1.00. The second kappa shape index (κ2) is 16.8. The molecule has 0 amide bonds. The number of likely N-dealkylation sites (N-methyl/N-ethyl adjacent to an activating group) is 1. The molecule has 11 nitrogen and oxygen atoms in total. The van der Waals surface area contributed by atoms with Gasteiger partial charge in [-0.3, -0.25) is 9.69 Å². The highest BCUT2D eigenvalue weighted by Gasteiger charge is 2.68.